The van der Waals surface area contributed by atoms with Crippen LogP contribution >= 0.6 is 11.8 Å². The number of aryl methyl sites for hydroxylation is 1. The van der Waals surface area contributed by atoms with E-state index in [4.69, 9.17) is 9.72 Å². The summed E-state index contributed by atoms with van der Waals surface area (Å²) < 4.78 is 13.3. The van der Waals surface area contributed by atoms with Crippen LogP contribution in [-0.2, 0) is 38.9 Å². The molecule has 0 bridgehead atoms. The normalized spacial score (nSPS) is 15.1. The first-order valence-corrected chi connectivity index (χ1v) is 21.2. The van der Waals surface area contributed by atoms with Gasteiger partial charge in [-0.3, -0.25) is 0 Å². The molecule has 7 aromatic carbocycles. The number of fused-ring (bicyclic) bond motifs is 11. The fourth-order valence-electron chi connectivity index (χ4n) is 9.84. The van der Waals surface area contributed by atoms with Gasteiger partial charge in [-0.05, 0) is 80.6 Å². The van der Waals surface area contributed by atoms with E-state index in [1.807, 2.05) is 42.2 Å². The summed E-state index contributed by atoms with van der Waals surface area (Å²) in [6.07, 6.45) is 5.51. The summed E-state index contributed by atoms with van der Waals surface area (Å²) >= 11 is 1.88. The predicted octanol–water partition coefficient (Wildman–Crippen LogP) is 12.3. The molecular weight excluding hydrogens is 948 g/mol. The molecule has 1 unspecified atom stereocenters. The Morgan fingerprint density at radius 2 is 1.46 bits per heavy atom. The number of rotatable bonds is 4. The molecular formula is C54H38N4OPtS-2. The SMILES string of the molecule is C[n+]1[c-]n2c3c(cccc31)C1(c3ccc(Oc4[c-]c5c(cc4)c4ccccc4n5-c4ccccn4)[c-]c3-2)c2cc(-c3ccccc3)ccc2Sc2cccc(C(C)(C)C)c21.[Pt]. The molecule has 0 fully saturated rings. The minimum Gasteiger partial charge on any atom is -0.510 e. The number of pyridine rings is 1. The zero-order valence-corrected chi connectivity index (χ0v) is 37.0. The van der Waals surface area contributed by atoms with Crippen molar-refractivity contribution in [3.63, 3.8) is 0 Å². The summed E-state index contributed by atoms with van der Waals surface area (Å²) in [6.45, 7) is 7.00. The number of nitrogens with zero attached hydrogens (tertiary/aromatic N) is 4. The second kappa shape index (κ2) is 13.9. The molecule has 1 atom stereocenters. The number of hydrogen-bond donors (Lipinski definition) is 0. The van der Waals surface area contributed by atoms with Crippen LogP contribution in [0.3, 0.4) is 0 Å². The van der Waals surface area contributed by atoms with Crippen LogP contribution in [0.5, 0.6) is 11.5 Å². The smallest absolute Gasteiger partial charge is 0.242 e. The molecule has 7 heteroatoms. The second-order valence-corrected chi connectivity index (χ2v) is 17.9. The number of ether oxygens (including phenoxy) is 1. The summed E-state index contributed by atoms with van der Waals surface area (Å²) in [5.74, 6) is 2.03. The van der Waals surface area contributed by atoms with Crippen molar-refractivity contribution < 1.29 is 30.4 Å². The van der Waals surface area contributed by atoms with Gasteiger partial charge in [0.15, 0.2) is 0 Å². The van der Waals surface area contributed by atoms with E-state index >= 15 is 0 Å². The Balaban J connectivity index is 0.00000420. The first-order chi connectivity index (χ1) is 29.3. The van der Waals surface area contributed by atoms with E-state index in [1.165, 1.54) is 43.2 Å². The summed E-state index contributed by atoms with van der Waals surface area (Å²) in [5, 5.41) is 2.23. The fourth-order valence-corrected chi connectivity index (χ4v) is 11.0. The van der Waals surface area contributed by atoms with E-state index in [-0.39, 0.29) is 26.5 Å². The number of benzene rings is 7. The molecule has 5 heterocycles. The Kier molecular flexibility index (Phi) is 8.62. The molecule has 61 heavy (non-hydrogen) atoms. The molecule has 5 nitrogen and oxygen atoms in total. The van der Waals surface area contributed by atoms with Crippen molar-refractivity contribution in [2.24, 2.45) is 7.05 Å². The van der Waals surface area contributed by atoms with Gasteiger partial charge in [-0.25, -0.2) is 4.98 Å². The quantitative estimate of drug-likeness (QED) is 0.130. The number of imidazole rings is 1. The predicted molar refractivity (Wildman–Crippen MR) is 240 cm³/mol. The van der Waals surface area contributed by atoms with Crippen molar-refractivity contribution in [1.29, 1.82) is 0 Å². The monoisotopic (exact) mass is 985 g/mol. The van der Waals surface area contributed by atoms with Crippen molar-refractivity contribution >= 4 is 44.6 Å². The van der Waals surface area contributed by atoms with Gasteiger partial charge in [-0.1, -0.05) is 135 Å². The molecule has 2 aliphatic heterocycles. The topological polar surface area (TPSA) is 35.9 Å². The Labute approximate surface area is 373 Å². The van der Waals surface area contributed by atoms with Crippen molar-refractivity contribution in [3.8, 4) is 34.1 Å². The van der Waals surface area contributed by atoms with Crippen LogP contribution in [0.2, 0.25) is 0 Å². The molecule has 0 saturated heterocycles. The summed E-state index contributed by atoms with van der Waals surface area (Å²) in [5.41, 5.74) is 13.0. The van der Waals surface area contributed by atoms with Crippen LogP contribution in [0.4, 0.5) is 0 Å². The van der Waals surface area contributed by atoms with Crippen LogP contribution in [0.25, 0.3) is 55.5 Å². The van der Waals surface area contributed by atoms with Gasteiger partial charge in [-0.15, -0.1) is 35.2 Å². The maximum atomic E-state index is 6.82. The molecule has 0 saturated carbocycles. The van der Waals surface area contributed by atoms with E-state index in [9.17, 15) is 0 Å². The molecule has 0 aliphatic carbocycles. The third kappa shape index (κ3) is 5.51. The van der Waals surface area contributed by atoms with Gasteiger partial charge >= 0.3 is 0 Å². The third-order valence-corrected chi connectivity index (χ3v) is 13.5. The minimum absolute atomic E-state index is 0. The summed E-state index contributed by atoms with van der Waals surface area (Å²) in [4.78, 5) is 7.24. The first-order valence-electron chi connectivity index (χ1n) is 20.4. The maximum Gasteiger partial charge on any atom is 0.242 e. The molecule has 1 spiro atoms. The summed E-state index contributed by atoms with van der Waals surface area (Å²) in [6, 6.07) is 61.8. The number of hydrogen-bond acceptors (Lipinski definition) is 3. The maximum absolute atomic E-state index is 6.82. The molecule has 0 N–H and O–H groups in total. The fraction of sp³-hybridized carbons (Fsp3) is 0.111. The average Bonchev–Trinajstić information content (AvgIpc) is 3.79. The third-order valence-electron chi connectivity index (χ3n) is 12.4. The van der Waals surface area contributed by atoms with Gasteiger partial charge in [0.25, 0.3) is 0 Å². The van der Waals surface area contributed by atoms with Crippen LogP contribution in [0, 0.1) is 18.5 Å². The minimum atomic E-state index is -0.682. The largest absolute Gasteiger partial charge is 0.510 e. The van der Waals surface area contributed by atoms with Crippen molar-refractivity contribution in [2.75, 3.05) is 0 Å². The molecule has 298 valence electrons. The molecule has 0 amide bonds. The first kappa shape index (κ1) is 37.8. The number of para-hydroxylation sites is 2. The Morgan fingerprint density at radius 1 is 0.672 bits per heavy atom. The van der Waals surface area contributed by atoms with Gasteiger partial charge in [0.1, 0.15) is 5.82 Å². The summed E-state index contributed by atoms with van der Waals surface area (Å²) in [7, 11) is 2.08. The zero-order valence-electron chi connectivity index (χ0n) is 33.9. The Bertz CT molecular complexity index is 3380. The molecule has 12 rings (SSSR count). The van der Waals surface area contributed by atoms with E-state index in [0.29, 0.717) is 11.5 Å². The standard InChI is InChI=1S/C54H38N4OS.Pt/c1-53(2,3)41-17-13-21-49-51(41)54(43-30-35(23-28-48(43)60-49)34-14-6-5-7-15-34)40-27-25-37(32-47(40)57-33-56(4)45-20-12-18-42(54)52(45)57)59-36-24-26-39-38-16-8-9-19-44(38)58(46(39)31-36)50-22-10-11-29-55-50;/h5-30H,1-4H3;/q-2;. The Morgan fingerprint density at radius 3 is 2.30 bits per heavy atom. The number of aromatic nitrogens is 4. The van der Waals surface area contributed by atoms with Crippen molar-refractivity contribution in [3.05, 3.63) is 204 Å². The van der Waals surface area contributed by atoms with Crippen LogP contribution in [-0.4, -0.2) is 14.1 Å². The molecule has 2 aliphatic rings. The van der Waals surface area contributed by atoms with Gasteiger partial charge < -0.3 is 18.4 Å². The average molecular weight is 986 g/mol. The molecule has 0 radical (unpaired) electrons. The van der Waals surface area contributed by atoms with Crippen molar-refractivity contribution in [2.45, 2.75) is 41.4 Å². The second-order valence-electron chi connectivity index (χ2n) is 16.8. The van der Waals surface area contributed by atoms with E-state index in [0.717, 1.165) is 49.9 Å². The zero-order chi connectivity index (χ0) is 40.3. The Hall–Kier alpha value is -6.20. The van der Waals surface area contributed by atoms with E-state index in [2.05, 4.69) is 187 Å². The van der Waals surface area contributed by atoms with Gasteiger partial charge in [-0.2, -0.15) is 12.1 Å². The van der Waals surface area contributed by atoms with Crippen LogP contribution < -0.4 is 9.30 Å². The van der Waals surface area contributed by atoms with Crippen LogP contribution in [0.1, 0.15) is 48.6 Å². The van der Waals surface area contributed by atoms with E-state index < -0.39 is 5.41 Å². The van der Waals surface area contributed by atoms with Gasteiger partial charge in [0.2, 0.25) is 6.33 Å². The van der Waals surface area contributed by atoms with Crippen LogP contribution in [0.15, 0.2) is 168 Å². The van der Waals surface area contributed by atoms with Gasteiger partial charge in [0.05, 0.1) is 18.1 Å². The molecule has 3 aromatic heterocycles. The van der Waals surface area contributed by atoms with E-state index in [1.54, 1.807) is 0 Å². The van der Waals surface area contributed by atoms with Gasteiger partial charge in [0, 0.05) is 59.5 Å². The molecule has 10 aromatic rings. The van der Waals surface area contributed by atoms with Crippen molar-refractivity contribution in [1.82, 2.24) is 14.1 Å².